The summed E-state index contributed by atoms with van der Waals surface area (Å²) in [5, 5.41) is 5.95. The smallest absolute Gasteiger partial charge is 0.257 e. The van der Waals surface area contributed by atoms with Crippen molar-refractivity contribution < 1.29 is 4.79 Å². The molecule has 1 unspecified atom stereocenters. The predicted octanol–water partition coefficient (Wildman–Crippen LogP) is 2.37. The van der Waals surface area contributed by atoms with Gasteiger partial charge in [-0.25, -0.2) is 5.01 Å². The van der Waals surface area contributed by atoms with Crippen LogP contribution in [0, 0.1) is 5.92 Å². The molecule has 0 saturated carbocycles. The lowest BCUT2D eigenvalue weighted by Crippen LogP contribution is -2.37. The van der Waals surface area contributed by atoms with Crippen LogP contribution in [0.4, 0.5) is 5.69 Å². The Balaban J connectivity index is 2.15. The van der Waals surface area contributed by atoms with Crippen molar-refractivity contribution in [1.29, 1.82) is 0 Å². The number of nitrogens with zero attached hydrogens (tertiary/aromatic N) is 3. The minimum absolute atomic E-state index is 0.0793. The minimum Gasteiger partial charge on any atom is -0.303 e. The topological polar surface area (TPSA) is 35.9 Å². The predicted molar refractivity (Wildman–Crippen MR) is 78.3 cm³/mol. The Morgan fingerprint density at radius 1 is 1.21 bits per heavy atom. The van der Waals surface area contributed by atoms with Crippen LogP contribution in [0.2, 0.25) is 0 Å². The van der Waals surface area contributed by atoms with Gasteiger partial charge in [-0.2, -0.15) is 5.10 Å². The van der Waals surface area contributed by atoms with Gasteiger partial charge in [-0.1, -0.05) is 32.0 Å². The third-order valence-electron chi connectivity index (χ3n) is 3.60. The van der Waals surface area contributed by atoms with Crippen molar-refractivity contribution in [3.05, 3.63) is 30.3 Å². The van der Waals surface area contributed by atoms with Gasteiger partial charge in [0.05, 0.1) is 11.6 Å². The van der Waals surface area contributed by atoms with Crippen LogP contribution in [0.25, 0.3) is 0 Å². The summed E-state index contributed by atoms with van der Waals surface area (Å²) in [5.74, 6) is -0.0318. The third-order valence-corrected chi connectivity index (χ3v) is 3.60. The summed E-state index contributed by atoms with van der Waals surface area (Å²) in [6.45, 7) is 8.84. The molecule has 1 aliphatic heterocycles. The highest BCUT2D eigenvalue weighted by Gasteiger charge is 2.34. The van der Waals surface area contributed by atoms with Gasteiger partial charge in [-0.05, 0) is 32.1 Å². The second-order valence-corrected chi connectivity index (χ2v) is 4.77. The lowest BCUT2D eigenvalue weighted by molar-refractivity contribution is -0.120. The van der Waals surface area contributed by atoms with E-state index in [1.165, 1.54) is 5.01 Å². The Kier molecular flexibility index (Phi) is 4.32. The van der Waals surface area contributed by atoms with E-state index >= 15 is 0 Å². The first-order valence-electron chi connectivity index (χ1n) is 6.83. The Labute approximate surface area is 114 Å². The molecule has 2 rings (SSSR count). The fraction of sp³-hybridized carbons (Fsp3) is 0.467. The van der Waals surface area contributed by atoms with E-state index < -0.39 is 0 Å². The minimum atomic E-state index is -0.111. The fourth-order valence-electron chi connectivity index (χ4n) is 2.31. The molecule has 1 aliphatic rings. The van der Waals surface area contributed by atoms with Crippen LogP contribution in [0.5, 0.6) is 0 Å². The molecule has 0 aliphatic carbocycles. The normalized spacial score (nSPS) is 19.2. The molecular weight excluding hydrogens is 238 g/mol. The molecular formula is C15H21N3O. The van der Waals surface area contributed by atoms with Crippen LogP contribution < -0.4 is 5.01 Å². The molecule has 1 amide bonds. The summed E-state index contributed by atoms with van der Waals surface area (Å²) in [7, 11) is 0. The van der Waals surface area contributed by atoms with Gasteiger partial charge >= 0.3 is 0 Å². The summed E-state index contributed by atoms with van der Waals surface area (Å²) < 4.78 is 0. The van der Waals surface area contributed by atoms with Crippen LogP contribution in [-0.4, -0.2) is 36.2 Å². The summed E-state index contributed by atoms with van der Waals surface area (Å²) in [6.07, 6.45) is 0. The number of carbonyl (C=O) groups excluding carboxylic acids is 1. The van der Waals surface area contributed by atoms with Crippen LogP contribution in [-0.2, 0) is 4.79 Å². The van der Waals surface area contributed by atoms with Crippen molar-refractivity contribution in [2.45, 2.75) is 20.8 Å². The van der Waals surface area contributed by atoms with Gasteiger partial charge in [-0.3, -0.25) is 4.79 Å². The quantitative estimate of drug-likeness (QED) is 0.814. The van der Waals surface area contributed by atoms with Crippen LogP contribution >= 0.6 is 0 Å². The molecule has 4 nitrogen and oxygen atoms in total. The zero-order valence-electron chi connectivity index (χ0n) is 11.8. The average Bonchev–Trinajstić information content (AvgIpc) is 2.73. The summed E-state index contributed by atoms with van der Waals surface area (Å²) in [4.78, 5) is 14.7. The highest BCUT2D eigenvalue weighted by molar-refractivity contribution is 6.14. The number of hydrazone groups is 1. The Hall–Kier alpha value is -1.68. The average molecular weight is 259 g/mol. The van der Waals surface area contributed by atoms with Gasteiger partial charge in [0, 0.05) is 12.3 Å². The van der Waals surface area contributed by atoms with Crippen molar-refractivity contribution in [1.82, 2.24) is 4.90 Å². The summed E-state index contributed by atoms with van der Waals surface area (Å²) in [5.41, 5.74) is 1.75. The standard InChI is InChI=1S/C15H21N3O/c1-4-17(5-2)11-14-12(3)16-18(15(14)19)13-9-7-6-8-10-13/h6-10,14H,4-5,11H2,1-3H3. The van der Waals surface area contributed by atoms with E-state index in [-0.39, 0.29) is 11.8 Å². The lowest BCUT2D eigenvalue weighted by Gasteiger charge is -2.22. The maximum Gasteiger partial charge on any atom is 0.257 e. The van der Waals surface area contributed by atoms with E-state index in [9.17, 15) is 4.79 Å². The van der Waals surface area contributed by atoms with Gasteiger partial charge in [0.25, 0.3) is 5.91 Å². The maximum absolute atomic E-state index is 12.5. The van der Waals surface area contributed by atoms with Crippen molar-refractivity contribution in [3.8, 4) is 0 Å². The fourth-order valence-corrected chi connectivity index (χ4v) is 2.31. The van der Waals surface area contributed by atoms with Gasteiger partial charge in [0.15, 0.2) is 0 Å². The van der Waals surface area contributed by atoms with E-state index in [0.717, 1.165) is 31.0 Å². The molecule has 1 heterocycles. The van der Waals surface area contributed by atoms with Crippen molar-refractivity contribution in [2.75, 3.05) is 24.6 Å². The maximum atomic E-state index is 12.5. The molecule has 102 valence electrons. The van der Waals surface area contributed by atoms with E-state index in [4.69, 9.17) is 0 Å². The third kappa shape index (κ3) is 2.84. The molecule has 19 heavy (non-hydrogen) atoms. The summed E-state index contributed by atoms with van der Waals surface area (Å²) >= 11 is 0. The van der Waals surface area contributed by atoms with Crippen LogP contribution in [0.3, 0.4) is 0 Å². The zero-order valence-corrected chi connectivity index (χ0v) is 11.8. The molecule has 0 fully saturated rings. The number of para-hydroxylation sites is 1. The summed E-state index contributed by atoms with van der Waals surface area (Å²) in [6, 6.07) is 9.60. The molecule has 0 N–H and O–H groups in total. The van der Waals surface area contributed by atoms with Gasteiger partial charge in [0.1, 0.15) is 0 Å². The SMILES string of the molecule is CCN(CC)CC1C(=O)N(c2ccccc2)N=C1C. The molecule has 1 aromatic rings. The second-order valence-electron chi connectivity index (χ2n) is 4.77. The number of benzene rings is 1. The number of amides is 1. The van der Waals surface area contributed by atoms with Crippen molar-refractivity contribution in [3.63, 3.8) is 0 Å². The second kappa shape index (κ2) is 5.97. The number of anilines is 1. The van der Waals surface area contributed by atoms with Gasteiger partial charge in [-0.15, -0.1) is 0 Å². The lowest BCUT2D eigenvalue weighted by atomic mass is 10.0. The first kappa shape index (κ1) is 13.7. The molecule has 1 atom stereocenters. The Morgan fingerprint density at radius 2 is 1.84 bits per heavy atom. The van der Waals surface area contributed by atoms with E-state index in [1.54, 1.807) is 0 Å². The van der Waals surface area contributed by atoms with E-state index in [0.29, 0.717) is 0 Å². The number of rotatable bonds is 5. The number of hydrogen-bond donors (Lipinski definition) is 0. The highest BCUT2D eigenvalue weighted by Crippen LogP contribution is 2.24. The number of carbonyl (C=O) groups is 1. The van der Waals surface area contributed by atoms with E-state index in [2.05, 4.69) is 23.8 Å². The Bertz CT molecular complexity index is 466. The largest absolute Gasteiger partial charge is 0.303 e. The van der Waals surface area contributed by atoms with Crippen LogP contribution in [0.15, 0.2) is 35.4 Å². The molecule has 0 bridgehead atoms. The molecule has 0 radical (unpaired) electrons. The first-order valence-corrected chi connectivity index (χ1v) is 6.83. The molecule has 0 saturated heterocycles. The Morgan fingerprint density at radius 3 is 2.42 bits per heavy atom. The van der Waals surface area contributed by atoms with Crippen molar-refractivity contribution in [2.24, 2.45) is 11.0 Å². The molecule has 1 aromatic carbocycles. The van der Waals surface area contributed by atoms with E-state index in [1.807, 2.05) is 37.3 Å². The van der Waals surface area contributed by atoms with Crippen LogP contribution in [0.1, 0.15) is 20.8 Å². The molecule has 0 aromatic heterocycles. The monoisotopic (exact) mass is 259 g/mol. The molecule has 4 heteroatoms. The van der Waals surface area contributed by atoms with Gasteiger partial charge < -0.3 is 4.90 Å². The number of hydrogen-bond acceptors (Lipinski definition) is 3. The highest BCUT2D eigenvalue weighted by atomic mass is 16.2. The first-order chi connectivity index (χ1) is 9.17. The molecule has 0 spiro atoms. The van der Waals surface area contributed by atoms with Gasteiger partial charge in [0.2, 0.25) is 0 Å². The van der Waals surface area contributed by atoms with Crippen molar-refractivity contribution >= 4 is 17.3 Å². The zero-order chi connectivity index (χ0) is 13.8.